The van der Waals surface area contributed by atoms with Gasteiger partial charge in [-0.1, -0.05) is 33.6 Å². The lowest BCUT2D eigenvalue weighted by molar-refractivity contribution is -0.140. The summed E-state index contributed by atoms with van der Waals surface area (Å²) in [4.78, 5) is 11.1. The molecule has 1 aliphatic carbocycles. The number of esters is 1. The molecule has 1 saturated carbocycles. The van der Waals surface area contributed by atoms with Crippen LogP contribution >= 0.6 is 0 Å². The maximum Gasteiger partial charge on any atom is 0.306 e. The van der Waals surface area contributed by atoms with Gasteiger partial charge < -0.3 is 10.1 Å². The van der Waals surface area contributed by atoms with Crippen LogP contribution in [0, 0.1) is 11.3 Å². The van der Waals surface area contributed by atoms with Gasteiger partial charge >= 0.3 is 5.97 Å². The molecule has 0 heterocycles. The highest BCUT2D eigenvalue weighted by molar-refractivity contribution is 5.69. The van der Waals surface area contributed by atoms with Gasteiger partial charge in [0.25, 0.3) is 0 Å². The zero-order valence-electron chi connectivity index (χ0n) is 11.7. The number of rotatable bonds is 4. The maximum absolute atomic E-state index is 11.1. The lowest BCUT2D eigenvalue weighted by Crippen LogP contribution is -2.44. The standard InChI is InChI=1S/C14H27NO2/c1-14(2,3)11-7-5-6-8-12(11)15-10-9-13(16)17-4/h11-12,15H,5-10H2,1-4H3. The molecule has 1 N–H and O–H groups in total. The molecule has 1 aliphatic rings. The topological polar surface area (TPSA) is 38.3 Å². The number of hydrogen-bond acceptors (Lipinski definition) is 3. The number of carbonyl (C=O) groups excluding carboxylic acids is 1. The van der Waals surface area contributed by atoms with Crippen molar-refractivity contribution in [3.63, 3.8) is 0 Å². The fraction of sp³-hybridized carbons (Fsp3) is 0.929. The molecule has 0 bridgehead atoms. The second-order valence-corrected chi connectivity index (χ2v) is 6.14. The third-order valence-electron chi connectivity index (χ3n) is 3.84. The zero-order valence-corrected chi connectivity index (χ0v) is 11.7. The second-order valence-electron chi connectivity index (χ2n) is 6.14. The summed E-state index contributed by atoms with van der Waals surface area (Å²) in [5.74, 6) is 0.592. The van der Waals surface area contributed by atoms with E-state index in [1.165, 1.54) is 32.8 Å². The Hall–Kier alpha value is -0.570. The van der Waals surface area contributed by atoms with Crippen LogP contribution in [0.15, 0.2) is 0 Å². The molecule has 3 nitrogen and oxygen atoms in total. The van der Waals surface area contributed by atoms with Gasteiger partial charge in [0.2, 0.25) is 0 Å². The van der Waals surface area contributed by atoms with Crippen LogP contribution in [0.4, 0.5) is 0 Å². The predicted octanol–water partition coefficient (Wildman–Crippen LogP) is 2.74. The average Bonchev–Trinajstić information content (AvgIpc) is 2.28. The van der Waals surface area contributed by atoms with Gasteiger partial charge in [-0.15, -0.1) is 0 Å². The third-order valence-corrected chi connectivity index (χ3v) is 3.84. The van der Waals surface area contributed by atoms with Crippen molar-refractivity contribution < 1.29 is 9.53 Å². The monoisotopic (exact) mass is 241 g/mol. The van der Waals surface area contributed by atoms with Crippen molar-refractivity contribution >= 4 is 5.97 Å². The van der Waals surface area contributed by atoms with E-state index >= 15 is 0 Å². The summed E-state index contributed by atoms with van der Waals surface area (Å²) < 4.78 is 4.65. The summed E-state index contributed by atoms with van der Waals surface area (Å²) in [6.07, 6.45) is 5.67. The van der Waals surface area contributed by atoms with Crippen molar-refractivity contribution in [2.75, 3.05) is 13.7 Å². The SMILES string of the molecule is COC(=O)CCNC1CCCCC1C(C)(C)C. The van der Waals surface area contributed by atoms with E-state index in [0.717, 1.165) is 6.54 Å². The van der Waals surface area contributed by atoms with Crippen molar-refractivity contribution in [2.24, 2.45) is 11.3 Å². The van der Waals surface area contributed by atoms with Crippen molar-refractivity contribution in [3.05, 3.63) is 0 Å². The van der Waals surface area contributed by atoms with Crippen LogP contribution < -0.4 is 5.32 Å². The fourth-order valence-electron chi connectivity index (χ4n) is 2.87. The highest BCUT2D eigenvalue weighted by Crippen LogP contribution is 2.37. The molecule has 2 unspecified atom stereocenters. The Labute approximate surface area is 105 Å². The van der Waals surface area contributed by atoms with Crippen LogP contribution in [0.25, 0.3) is 0 Å². The van der Waals surface area contributed by atoms with Gasteiger partial charge in [-0.05, 0) is 24.2 Å². The van der Waals surface area contributed by atoms with E-state index in [4.69, 9.17) is 0 Å². The van der Waals surface area contributed by atoms with E-state index < -0.39 is 0 Å². The van der Waals surface area contributed by atoms with Gasteiger partial charge in [-0.3, -0.25) is 4.79 Å². The fourth-order valence-corrected chi connectivity index (χ4v) is 2.87. The normalized spacial score (nSPS) is 25.6. The minimum Gasteiger partial charge on any atom is -0.469 e. The third kappa shape index (κ3) is 4.66. The molecule has 0 aromatic heterocycles. The first-order chi connectivity index (χ1) is 7.95. The number of methoxy groups -OCH3 is 1. The van der Waals surface area contributed by atoms with Crippen LogP contribution in [0.5, 0.6) is 0 Å². The van der Waals surface area contributed by atoms with E-state index in [1.807, 2.05) is 0 Å². The van der Waals surface area contributed by atoms with Crippen molar-refractivity contribution in [2.45, 2.75) is 58.9 Å². The average molecular weight is 241 g/mol. The largest absolute Gasteiger partial charge is 0.469 e. The Kier molecular flexibility index (Phi) is 5.44. The Morgan fingerprint density at radius 2 is 1.94 bits per heavy atom. The molecule has 0 aromatic carbocycles. The molecule has 0 aromatic rings. The zero-order chi connectivity index (χ0) is 12.9. The summed E-state index contributed by atoms with van der Waals surface area (Å²) in [6, 6.07) is 0.563. The molecule has 0 aliphatic heterocycles. The number of nitrogens with one attached hydrogen (secondary N) is 1. The van der Waals surface area contributed by atoms with Crippen LogP contribution in [-0.4, -0.2) is 25.7 Å². The van der Waals surface area contributed by atoms with Crippen LogP contribution in [0.2, 0.25) is 0 Å². The summed E-state index contributed by atoms with van der Waals surface area (Å²) in [7, 11) is 1.45. The number of ether oxygens (including phenoxy) is 1. The minimum atomic E-state index is -0.124. The molecule has 1 fully saturated rings. The van der Waals surface area contributed by atoms with Gasteiger partial charge in [0.1, 0.15) is 0 Å². The first kappa shape index (κ1) is 14.5. The van der Waals surface area contributed by atoms with Crippen molar-refractivity contribution in [1.29, 1.82) is 0 Å². The summed E-state index contributed by atoms with van der Waals surface area (Å²) in [5, 5.41) is 3.54. The lowest BCUT2D eigenvalue weighted by atomic mass is 9.69. The van der Waals surface area contributed by atoms with Crippen LogP contribution in [0.3, 0.4) is 0 Å². The molecular weight excluding hydrogens is 214 g/mol. The van der Waals surface area contributed by atoms with Crippen LogP contribution in [0.1, 0.15) is 52.9 Å². The number of carbonyl (C=O) groups is 1. The minimum absolute atomic E-state index is 0.124. The van der Waals surface area contributed by atoms with Gasteiger partial charge in [0, 0.05) is 12.6 Å². The molecule has 0 spiro atoms. The van der Waals surface area contributed by atoms with Gasteiger partial charge in [-0.25, -0.2) is 0 Å². The number of hydrogen-bond donors (Lipinski definition) is 1. The van der Waals surface area contributed by atoms with Crippen LogP contribution in [-0.2, 0) is 9.53 Å². The van der Waals surface area contributed by atoms with Crippen molar-refractivity contribution in [1.82, 2.24) is 5.32 Å². The molecule has 100 valence electrons. The Morgan fingerprint density at radius 3 is 2.53 bits per heavy atom. The summed E-state index contributed by atoms with van der Waals surface area (Å²) in [5.41, 5.74) is 0.351. The molecule has 17 heavy (non-hydrogen) atoms. The summed E-state index contributed by atoms with van der Waals surface area (Å²) >= 11 is 0. The van der Waals surface area contributed by atoms with E-state index in [2.05, 4.69) is 30.8 Å². The Balaban J connectivity index is 2.41. The van der Waals surface area contributed by atoms with Gasteiger partial charge in [0.05, 0.1) is 13.5 Å². The highest BCUT2D eigenvalue weighted by Gasteiger charge is 2.33. The van der Waals surface area contributed by atoms with E-state index in [9.17, 15) is 4.79 Å². The Morgan fingerprint density at radius 1 is 1.29 bits per heavy atom. The second kappa shape index (κ2) is 6.39. The van der Waals surface area contributed by atoms with E-state index in [1.54, 1.807) is 0 Å². The molecule has 2 atom stereocenters. The molecule has 3 heteroatoms. The highest BCUT2D eigenvalue weighted by atomic mass is 16.5. The van der Waals surface area contributed by atoms with E-state index in [-0.39, 0.29) is 5.97 Å². The Bertz CT molecular complexity index is 245. The summed E-state index contributed by atoms with van der Waals surface area (Å²) in [6.45, 7) is 7.69. The van der Waals surface area contributed by atoms with Gasteiger partial charge in [-0.2, -0.15) is 0 Å². The van der Waals surface area contributed by atoms with Gasteiger partial charge in [0.15, 0.2) is 0 Å². The lowest BCUT2D eigenvalue weighted by Gasteiger charge is -2.41. The maximum atomic E-state index is 11.1. The molecular formula is C14H27NO2. The molecule has 0 radical (unpaired) electrons. The first-order valence-corrected chi connectivity index (χ1v) is 6.75. The predicted molar refractivity (Wildman–Crippen MR) is 69.8 cm³/mol. The molecule has 0 amide bonds. The smallest absolute Gasteiger partial charge is 0.306 e. The van der Waals surface area contributed by atoms with Crippen molar-refractivity contribution in [3.8, 4) is 0 Å². The molecule has 0 saturated heterocycles. The van der Waals surface area contributed by atoms with E-state index in [0.29, 0.717) is 23.8 Å². The first-order valence-electron chi connectivity index (χ1n) is 6.75. The molecule has 1 rings (SSSR count). The quantitative estimate of drug-likeness (QED) is 0.769.